The van der Waals surface area contributed by atoms with Crippen molar-refractivity contribution in [2.45, 2.75) is 52.2 Å². The van der Waals surface area contributed by atoms with Crippen molar-refractivity contribution in [2.75, 3.05) is 13.2 Å². The van der Waals surface area contributed by atoms with E-state index < -0.39 is 0 Å². The van der Waals surface area contributed by atoms with Gasteiger partial charge in [-0.1, -0.05) is 6.92 Å². The van der Waals surface area contributed by atoms with Crippen molar-refractivity contribution in [3.8, 4) is 0 Å². The summed E-state index contributed by atoms with van der Waals surface area (Å²) < 4.78 is 5.64. The summed E-state index contributed by atoms with van der Waals surface area (Å²) in [6.45, 7) is 8.43. The molecule has 1 rings (SSSR count). The molecule has 1 aliphatic rings. The van der Waals surface area contributed by atoms with Crippen molar-refractivity contribution in [1.82, 2.24) is 5.32 Å². The SMILES string of the molecule is CCCNC(C1CC1)C(C)OCC. The van der Waals surface area contributed by atoms with E-state index in [2.05, 4.69) is 26.1 Å². The van der Waals surface area contributed by atoms with Gasteiger partial charge in [0.25, 0.3) is 0 Å². The Hall–Kier alpha value is -0.0800. The highest BCUT2D eigenvalue weighted by atomic mass is 16.5. The van der Waals surface area contributed by atoms with E-state index in [4.69, 9.17) is 4.74 Å². The Kier molecular flexibility index (Phi) is 4.74. The molecule has 0 aliphatic heterocycles. The molecule has 0 radical (unpaired) electrons. The molecule has 0 heterocycles. The topological polar surface area (TPSA) is 21.3 Å². The molecule has 0 aromatic rings. The molecule has 13 heavy (non-hydrogen) atoms. The highest BCUT2D eigenvalue weighted by Gasteiger charge is 2.34. The van der Waals surface area contributed by atoms with Crippen LogP contribution < -0.4 is 5.32 Å². The molecular weight excluding hydrogens is 162 g/mol. The third-order valence-corrected chi connectivity index (χ3v) is 2.70. The minimum absolute atomic E-state index is 0.379. The molecule has 0 aromatic heterocycles. The van der Waals surface area contributed by atoms with Crippen LogP contribution in [0, 0.1) is 5.92 Å². The summed E-state index contributed by atoms with van der Waals surface area (Å²) in [5, 5.41) is 3.59. The van der Waals surface area contributed by atoms with Crippen molar-refractivity contribution in [1.29, 1.82) is 0 Å². The fraction of sp³-hybridized carbons (Fsp3) is 1.00. The Morgan fingerprint density at radius 1 is 1.38 bits per heavy atom. The Morgan fingerprint density at radius 2 is 2.08 bits per heavy atom. The Bertz CT molecular complexity index is 134. The number of hydrogen-bond donors (Lipinski definition) is 1. The lowest BCUT2D eigenvalue weighted by Crippen LogP contribution is -2.41. The lowest BCUT2D eigenvalue weighted by molar-refractivity contribution is 0.0415. The van der Waals surface area contributed by atoms with E-state index >= 15 is 0 Å². The molecule has 0 amide bonds. The quantitative estimate of drug-likeness (QED) is 0.656. The average Bonchev–Trinajstić information content (AvgIpc) is 2.89. The van der Waals surface area contributed by atoms with Gasteiger partial charge in [0.2, 0.25) is 0 Å². The van der Waals surface area contributed by atoms with Crippen LogP contribution in [0.1, 0.15) is 40.0 Å². The van der Waals surface area contributed by atoms with Crippen molar-refractivity contribution >= 4 is 0 Å². The van der Waals surface area contributed by atoms with E-state index in [0.717, 1.165) is 19.1 Å². The van der Waals surface area contributed by atoms with Crippen molar-refractivity contribution in [3.05, 3.63) is 0 Å². The van der Waals surface area contributed by atoms with Crippen molar-refractivity contribution in [3.63, 3.8) is 0 Å². The van der Waals surface area contributed by atoms with Crippen LogP contribution in [0.4, 0.5) is 0 Å². The minimum Gasteiger partial charge on any atom is -0.377 e. The van der Waals surface area contributed by atoms with Gasteiger partial charge in [0.15, 0.2) is 0 Å². The van der Waals surface area contributed by atoms with Gasteiger partial charge in [0, 0.05) is 12.6 Å². The van der Waals surface area contributed by atoms with E-state index in [1.54, 1.807) is 0 Å². The number of ether oxygens (including phenoxy) is 1. The Morgan fingerprint density at radius 3 is 2.54 bits per heavy atom. The first kappa shape index (κ1) is 11.0. The summed E-state index contributed by atoms with van der Waals surface area (Å²) in [7, 11) is 0. The lowest BCUT2D eigenvalue weighted by Gasteiger charge is -2.24. The fourth-order valence-electron chi connectivity index (χ4n) is 1.85. The third kappa shape index (κ3) is 3.65. The van der Waals surface area contributed by atoms with Crippen LogP contribution >= 0.6 is 0 Å². The first-order valence-corrected chi connectivity index (χ1v) is 5.64. The lowest BCUT2D eigenvalue weighted by atomic mass is 10.1. The van der Waals surface area contributed by atoms with Gasteiger partial charge >= 0.3 is 0 Å². The van der Waals surface area contributed by atoms with Crippen LogP contribution in [0.25, 0.3) is 0 Å². The van der Waals surface area contributed by atoms with Crippen molar-refractivity contribution in [2.24, 2.45) is 5.92 Å². The smallest absolute Gasteiger partial charge is 0.0702 e. The fourth-order valence-corrected chi connectivity index (χ4v) is 1.85. The summed E-state index contributed by atoms with van der Waals surface area (Å²) >= 11 is 0. The summed E-state index contributed by atoms with van der Waals surface area (Å²) in [6.07, 6.45) is 4.36. The normalized spacial score (nSPS) is 21.5. The van der Waals surface area contributed by atoms with Gasteiger partial charge in [-0.05, 0) is 45.6 Å². The first-order valence-electron chi connectivity index (χ1n) is 5.64. The van der Waals surface area contributed by atoms with Crippen LogP contribution in [-0.2, 0) is 4.74 Å². The third-order valence-electron chi connectivity index (χ3n) is 2.70. The van der Waals surface area contributed by atoms with Gasteiger partial charge in [-0.25, -0.2) is 0 Å². The molecule has 0 saturated heterocycles. The predicted octanol–water partition coefficient (Wildman–Crippen LogP) is 2.19. The van der Waals surface area contributed by atoms with Gasteiger partial charge in [0.1, 0.15) is 0 Å². The molecule has 2 heteroatoms. The second-order valence-corrected chi connectivity index (χ2v) is 3.98. The van der Waals surface area contributed by atoms with Gasteiger partial charge < -0.3 is 10.1 Å². The zero-order valence-electron chi connectivity index (χ0n) is 9.18. The molecule has 0 bridgehead atoms. The molecule has 1 aliphatic carbocycles. The first-order chi connectivity index (χ1) is 6.29. The molecule has 78 valence electrons. The molecule has 1 saturated carbocycles. The molecule has 0 aromatic carbocycles. The zero-order chi connectivity index (χ0) is 9.68. The number of rotatable bonds is 7. The molecule has 2 unspecified atom stereocenters. The van der Waals surface area contributed by atoms with Crippen LogP contribution in [0.5, 0.6) is 0 Å². The molecule has 2 atom stereocenters. The molecule has 1 N–H and O–H groups in total. The van der Waals surface area contributed by atoms with Crippen molar-refractivity contribution < 1.29 is 4.74 Å². The van der Waals surface area contributed by atoms with Gasteiger partial charge in [0.05, 0.1) is 6.10 Å². The zero-order valence-corrected chi connectivity index (χ0v) is 9.18. The average molecular weight is 185 g/mol. The summed E-state index contributed by atoms with van der Waals surface area (Å²) in [4.78, 5) is 0. The largest absolute Gasteiger partial charge is 0.377 e. The second kappa shape index (κ2) is 5.61. The summed E-state index contributed by atoms with van der Waals surface area (Å²) in [6, 6.07) is 0.597. The Balaban J connectivity index is 2.27. The highest BCUT2D eigenvalue weighted by Crippen LogP contribution is 2.34. The number of nitrogens with one attached hydrogen (secondary N) is 1. The number of hydrogen-bond acceptors (Lipinski definition) is 2. The van der Waals surface area contributed by atoms with Gasteiger partial charge in [-0.2, -0.15) is 0 Å². The monoisotopic (exact) mass is 185 g/mol. The van der Waals surface area contributed by atoms with E-state index in [1.807, 2.05) is 0 Å². The highest BCUT2D eigenvalue weighted by molar-refractivity contribution is 4.90. The maximum atomic E-state index is 5.64. The predicted molar refractivity (Wildman–Crippen MR) is 55.9 cm³/mol. The van der Waals surface area contributed by atoms with Crippen LogP contribution in [0.15, 0.2) is 0 Å². The molecular formula is C11H23NO. The minimum atomic E-state index is 0.379. The van der Waals surface area contributed by atoms with E-state index in [9.17, 15) is 0 Å². The van der Waals surface area contributed by atoms with Gasteiger partial charge in [-0.3, -0.25) is 0 Å². The van der Waals surface area contributed by atoms with Crippen LogP contribution in [0.3, 0.4) is 0 Å². The van der Waals surface area contributed by atoms with E-state index in [0.29, 0.717) is 12.1 Å². The molecule has 1 fully saturated rings. The van der Waals surface area contributed by atoms with Crippen LogP contribution in [-0.4, -0.2) is 25.3 Å². The van der Waals surface area contributed by atoms with Crippen LogP contribution in [0.2, 0.25) is 0 Å². The van der Waals surface area contributed by atoms with Gasteiger partial charge in [-0.15, -0.1) is 0 Å². The second-order valence-electron chi connectivity index (χ2n) is 3.98. The maximum Gasteiger partial charge on any atom is 0.0702 e. The summed E-state index contributed by atoms with van der Waals surface area (Å²) in [5.74, 6) is 0.882. The van der Waals surface area contributed by atoms with E-state index in [-0.39, 0.29) is 0 Å². The maximum absolute atomic E-state index is 5.64. The standard InChI is InChI=1S/C11H23NO/c1-4-8-12-11(10-6-7-10)9(3)13-5-2/h9-12H,4-8H2,1-3H3. The Labute approximate surface area is 82.0 Å². The molecule has 0 spiro atoms. The molecule has 2 nitrogen and oxygen atoms in total. The summed E-state index contributed by atoms with van der Waals surface area (Å²) in [5.41, 5.74) is 0. The van der Waals surface area contributed by atoms with E-state index in [1.165, 1.54) is 19.3 Å².